The molecule has 5 heteroatoms. The van der Waals surface area contributed by atoms with Gasteiger partial charge >= 0.3 is 13.1 Å². The standard InChI is InChI=1S/C14H23BO4/c1-13(2)14(3,4)19-15(18-13)11-8-6-7-10(9-11)12(16)17-5/h6,8,10-11H,7,9H2,1-5H3/t10-,11-/m1/s1. The van der Waals surface area contributed by atoms with Gasteiger partial charge in [0.1, 0.15) is 0 Å². The van der Waals surface area contributed by atoms with Crippen molar-refractivity contribution in [3.05, 3.63) is 12.2 Å². The summed E-state index contributed by atoms with van der Waals surface area (Å²) in [5.41, 5.74) is -0.659. The summed E-state index contributed by atoms with van der Waals surface area (Å²) in [6.45, 7) is 8.16. The maximum Gasteiger partial charge on any atom is 0.465 e. The van der Waals surface area contributed by atoms with Crippen LogP contribution in [0.5, 0.6) is 0 Å². The molecule has 0 aromatic heterocycles. The normalized spacial score (nSPS) is 32.4. The molecule has 0 saturated carbocycles. The van der Waals surface area contributed by atoms with Gasteiger partial charge < -0.3 is 14.0 Å². The summed E-state index contributed by atoms with van der Waals surface area (Å²) in [5, 5.41) is 0. The van der Waals surface area contributed by atoms with Crippen LogP contribution in [0.3, 0.4) is 0 Å². The molecule has 1 aliphatic heterocycles. The van der Waals surface area contributed by atoms with Gasteiger partial charge in [0.15, 0.2) is 0 Å². The smallest absolute Gasteiger partial charge is 0.465 e. The summed E-state index contributed by atoms with van der Waals surface area (Å²) in [6, 6.07) is 0. The highest BCUT2D eigenvalue weighted by atomic mass is 16.7. The van der Waals surface area contributed by atoms with E-state index in [0.29, 0.717) is 0 Å². The maximum atomic E-state index is 11.6. The fourth-order valence-corrected chi connectivity index (χ4v) is 2.55. The average Bonchev–Trinajstić information content (AvgIpc) is 2.58. The van der Waals surface area contributed by atoms with Gasteiger partial charge in [0, 0.05) is 5.82 Å². The Balaban J connectivity index is 2.06. The molecule has 0 aromatic rings. The largest absolute Gasteiger partial charge is 0.469 e. The summed E-state index contributed by atoms with van der Waals surface area (Å²) in [6.07, 6.45) is 5.59. The number of hydrogen-bond acceptors (Lipinski definition) is 4. The third-order valence-electron chi connectivity index (χ3n) is 4.52. The van der Waals surface area contributed by atoms with Crippen LogP contribution in [0.1, 0.15) is 40.5 Å². The summed E-state index contributed by atoms with van der Waals surface area (Å²) in [7, 11) is 1.15. The zero-order valence-electron chi connectivity index (χ0n) is 12.4. The van der Waals surface area contributed by atoms with Crippen LogP contribution in [0.4, 0.5) is 0 Å². The van der Waals surface area contributed by atoms with Crippen molar-refractivity contribution in [1.29, 1.82) is 0 Å². The lowest BCUT2D eigenvalue weighted by Gasteiger charge is -2.32. The number of carbonyl (C=O) groups excluding carboxylic acids is 1. The molecule has 1 aliphatic carbocycles. The van der Waals surface area contributed by atoms with Crippen LogP contribution in [0.25, 0.3) is 0 Å². The SMILES string of the molecule is COC(=O)[C@@H]1CC=C[C@@H](B2OC(C)(C)C(C)(C)O2)C1. The Bertz CT molecular complexity index is 373. The van der Waals surface area contributed by atoms with Crippen LogP contribution in [0, 0.1) is 5.92 Å². The molecular formula is C14H23BO4. The molecule has 106 valence electrons. The molecule has 0 radical (unpaired) electrons. The first-order valence-corrected chi connectivity index (χ1v) is 6.87. The highest BCUT2D eigenvalue weighted by Gasteiger charge is 2.53. The van der Waals surface area contributed by atoms with E-state index < -0.39 is 0 Å². The molecule has 1 heterocycles. The molecule has 0 spiro atoms. The van der Waals surface area contributed by atoms with Crippen molar-refractivity contribution in [3.8, 4) is 0 Å². The van der Waals surface area contributed by atoms with Crippen molar-refractivity contribution in [2.24, 2.45) is 5.92 Å². The van der Waals surface area contributed by atoms with Gasteiger partial charge in [-0.3, -0.25) is 4.79 Å². The molecule has 2 atom stereocenters. The van der Waals surface area contributed by atoms with Gasteiger partial charge in [0.05, 0.1) is 24.2 Å². The van der Waals surface area contributed by atoms with E-state index in [0.717, 1.165) is 12.8 Å². The number of rotatable bonds is 2. The minimum absolute atomic E-state index is 0.0842. The van der Waals surface area contributed by atoms with Crippen molar-refractivity contribution >= 4 is 13.1 Å². The van der Waals surface area contributed by atoms with Gasteiger partial charge in [0.2, 0.25) is 0 Å². The third-order valence-corrected chi connectivity index (χ3v) is 4.52. The Kier molecular flexibility index (Phi) is 3.80. The van der Waals surface area contributed by atoms with Crippen molar-refractivity contribution in [2.75, 3.05) is 7.11 Å². The summed E-state index contributed by atoms with van der Waals surface area (Å²) < 4.78 is 16.9. The fourth-order valence-electron chi connectivity index (χ4n) is 2.55. The number of esters is 1. The number of ether oxygens (including phenoxy) is 1. The second kappa shape index (κ2) is 4.95. The van der Waals surface area contributed by atoms with E-state index in [1.54, 1.807) is 0 Å². The maximum absolute atomic E-state index is 11.6. The van der Waals surface area contributed by atoms with Crippen LogP contribution >= 0.6 is 0 Å². The predicted octanol–water partition coefficient (Wildman–Crippen LogP) is 2.59. The lowest BCUT2D eigenvalue weighted by Crippen LogP contribution is -2.41. The second-order valence-corrected chi connectivity index (χ2v) is 6.41. The summed E-state index contributed by atoms with van der Waals surface area (Å²) in [4.78, 5) is 11.6. The monoisotopic (exact) mass is 266 g/mol. The van der Waals surface area contributed by atoms with Gasteiger partial charge in [0.25, 0.3) is 0 Å². The van der Waals surface area contributed by atoms with E-state index >= 15 is 0 Å². The summed E-state index contributed by atoms with van der Waals surface area (Å²) >= 11 is 0. The Morgan fingerprint density at radius 3 is 2.37 bits per heavy atom. The van der Waals surface area contributed by atoms with Crippen LogP contribution in [-0.2, 0) is 18.8 Å². The van der Waals surface area contributed by atoms with E-state index in [-0.39, 0.29) is 36.0 Å². The average molecular weight is 266 g/mol. The van der Waals surface area contributed by atoms with E-state index in [4.69, 9.17) is 14.0 Å². The predicted molar refractivity (Wildman–Crippen MR) is 73.7 cm³/mol. The fraction of sp³-hybridized carbons (Fsp3) is 0.786. The Morgan fingerprint density at radius 2 is 1.84 bits per heavy atom. The first-order chi connectivity index (χ1) is 8.77. The first-order valence-electron chi connectivity index (χ1n) is 6.87. The number of allylic oxidation sites excluding steroid dienone is 2. The Morgan fingerprint density at radius 1 is 1.26 bits per heavy atom. The van der Waals surface area contributed by atoms with Crippen molar-refractivity contribution < 1.29 is 18.8 Å². The number of carbonyl (C=O) groups is 1. The molecule has 4 nitrogen and oxygen atoms in total. The van der Waals surface area contributed by atoms with Crippen LogP contribution in [0.2, 0.25) is 5.82 Å². The van der Waals surface area contributed by atoms with Crippen LogP contribution in [0.15, 0.2) is 12.2 Å². The summed E-state index contributed by atoms with van der Waals surface area (Å²) in [5.74, 6) is -0.121. The minimum atomic E-state index is -0.330. The zero-order chi connectivity index (χ0) is 14.3. The van der Waals surface area contributed by atoms with Crippen molar-refractivity contribution in [2.45, 2.75) is 57.6 Å². The zero-order valence-corrected chi connectivity index (χ0v) is 12.4. The van der Waals surface area contributed by atoms with Crippen LogP contribution < -0.4 is 0 Å². The molecule has 0 bridgehead atoms. The van der Waals surface area contributed by atoms with Gasteiger partial charge in [-0.15, -0.1) is 0 Å². The number of methoxy groups -OCH3 is 1. The molecule has 0 N–H and O–H groups in total. The molecule has 2 aliphatic rings. The highest BCUT2D eigenvalue weighted by molar-refractivity contribution is 6.48. The van der Waals surface area contributed by atoms with Gasteiger partial charge in [-0.2, -0.15) is 0 Å². The van der Waals surface area contributed by atoms with E-state index in [2.05, 4.69) is 6.08 Å². The van der Waals surface area contributed by atoms with E-state index in [1.165, 1.54) is 7.11 Å². The van der Waals surface area contributed by atoms with Gasteiger partial charge in [-0.05, 0) is 40.5 Å². The highest BCUT2D eigenvalue weighted by Crippen LogP contribution is 2.43. The molecule has 2 rings (SSSR count). The van der Waals surface area contributed by atoms with Crippen molar-refractivity contribution in [1.82, 2.24) is 0 Å². The lowest BCUT2D eigenvalue weighted by molar-refractivity contribution is -0.145. The molecule has 0 amide bonds. The third kappa shape index (κ3) is 2.72. The minimum Gasteiger partial charge on any atom is -0.469 e. The molecular weight excluding hydrogens is 243 g/mol. The van der Waals surface area contributed by atoms with Gasteiger partial charge in [-0.1, -0.05) is 12.2 Å². The molecule has 19 heavy (non-hydrogen) atoms. The Hall–Kier alpha value is -0.805. The molecule has 1 fully saturated rings. The quantitative estimate of drug-likeness (QED) is 0.438. The molecule has 0 aromatic carbocycles. The lowest BCUT2D eigenvalue weighted by atomic mass is 9.65. The molecule has 0 unspecified atom stereocenters. The van der Waals surface area contributed by atoms with Gasteiger partial charge in [-0.25, -0.2) is 0 Å². The molecule has 1 saturated heterocycles. The van der Waals surface area contributed by atoms with E-state index in [9.17, 15) is 4.79 Å². The van der Waals surface area contributed by atoms with E-state index in [1.807, 2.05) is 33.8 Å². The van der Waals surface area contributed by atoms with Crippen LogP contribution in [-0.4, -0.2) is 31.4 Å². The second-order valence-electron chi connectivity index (χ2n) is 6.41. The topological polar surface area (TPSA) is 44.8 Å². The number of hydrogen-bond donors (Lipinski definition) is 0. The first kappa shape index (κ1) is 14.6. The Labute approximate surface area is 115 Å². The van der Waals surface area contributed by atoms with Crippen molar-refractivity contribution in [3.63, 3.8) is 0 Å².